The zero-order valence-electron chi connectivity index (χ0n) is 55.7. The number of anilines is 9. The summed E-state index contributed by atoms with van der Waals surface area (Å²) in [6.45, 7) is 40.5. The second-order valence-electron chi connectivity index (χ2n) is 30.4. The van der Waals surface area contributed by atoms with Gasteiger partial charge in [0.15, 0.2) is 0 Å². The minimum Gasteiger partial charge on any atom is -0.458 e. The lowest BCUT2D eigenvalue weighted by Crippen LogP contribution is -2.65. The Bertz CT molecular complexity index is 4800. The van der Waals surface area contributed by atoms with Gasteiger partial charge in [-0.1, -0.05) is 146 Å². The van der Waals surface area contributed by atoms with Crippen molar-refractivity contribution in [3.8, 4) is 34.5 Å². The predicted octanol–water partition coefficient (Wildman–Crippen LogP) is 15.6. The van der Waals surface area contributed by atoms with Gasteiger partial charge in [0, 0.05) is 45.9 Å². The van der Waals surface area contributed by atoms with Gasteiger partial charge in [-0.15, -0.1) is 0 Å². The summed E-state index contributed by atoms with van der Waals surface area (Å²) in [4.78, 5) is 7.72. The Kier molecular flexibility index (Phi) is 12.0. The minimum atomic E-state index is -0.235. The van der Waals surface area contributed by atoms with Crippen molar-refractivity contribution in [3.05, 3.63) is 212 Å². The quantitative estimate of drug-likeness (QED) is 0.164. The molecule has 0 saturated heterocycles. The van der Waals surface area contributed by atoms with Crippen LogP contribution in [0.1, 0.15) is 129 Å². The molecule has 0 N–H and O–H groups in total. The van der Waals surface area contributed by atoms with Crippen molar-refractivity contribution < 1.29 is 14.2 Å². The van der Waals surface area contributed by atoms with Gasteiger partial charge in [0.25, 0.3) is 20.1 Å². The molecule has 6 nitrogen and oxygen atoms in total. The SMILES string of the molecule is Cc1cc(C)c(N2c3cc4c(cc3B3c5cc(C(C)(C)C)ccc5Oc5cc(C)cc2c53)B2c3cc5c(cc3N(c3c(C)cc(C)cc3C)c3cc(C)cc(c32)O4)N(c2ccc(C(C)(C)C)cc2)c2cc(C)cc3c2B5c2cc(C(C)(C)C)ccc2O3)c(C)c1. The molecule has 0 atom stereocenters. The zero-order chi connectivity index (χ0) is 62.8. The number of nitrogens with zero attached hydrogens (tertiary/aromatic N) is 3. The van der Waals surface area contributed by atoms with Crippen LogP contribution in [0.15, 0.2) is 146 Å². The molecule has 0 bridgehead atoms. The zero-order valence-corrected chi connectivity index (χ0v) is 55.7. The largest absolute Gasteiger partial charge is 0.458 e. The number of hydrogen-bond acceptors (Lipinski definition) is 6. The Morgan fingerprint density at radius 1 is 0.267 bits per heavy atom. The van der Waals surface area contributed by atoms with Crippen molar-refractivity contribution in [1.29, 1.82) is 0 Å². The molecule has 6 heterocycles. The highest BCUT2D eigenvalue weighted by atomic mass is 16.5. The average molecular weight is 1170 g/mol. The topological polar surface area (TPSA) is 37.4 Å². The summed E-state index contributed by atoms with van der Waals surface area (Å²) in [6.07, 6.45) is 0. The second kappa shape index (κ2) is 19.1. The molecule has 10 aromatic rings. The summed E-state index contributed by atoms with van der Waals surface area (Å²) in [6, 6.07) is 56.9. The first-order chi connectivity index (χ1) is 42.7. The van der Waals surface area contributed by atoms with Crippen LogP contribution in [0, 0.1) is 62.3 Å². The maximum atomic E-state index is 7.70. The number of rotatable bonds is 3. The third kappa shape index (κ3) is 8.32. The maximum absolute atomic E-state index is 7.70. The monoisotopic (exact) mass is 1170 g/mol. The minimum absolute atomic E-state index is 0.0216. The first-order valence-electron chi connectivity index (χ1n) is 32.5. The van der Waals surface area contributed by atoms with Gasteiger partial charge in [-0.3, -0.25) is 0 Å². The lowest BCUT2D eigenvalue weighted by molar-refractivity contribution is 0.485. The van der Waals surface area contributed by atoms with Crippen molar-refractivity contribution in [2.75, 3.05) is 14.7 Å². The Labute approximate surface area is 534 Å². The van der Waals surface area contributed by atoms with Gasteiger partial charge < -0.3 is 28.9 Å². The molecule has 6 aliphatic rings. The number of hydrogen-bond donors (Lipinski definition) is 0. The third-order valence-electron chi connectivity index (χ3n) is 20.4. The lowest BCUT2D eigenvalue weighted by Gasteiger charge is -2.46. The van der Waals surface area contributed by atoms with Gasteiger partial charge in [0.2, 0.25) is 0 Å². The maximum Gasteiger partial charge on any atom is 0.256 e. The van der Waals surface area contributed by atoms with Gasteiger partial charge in [-0.05, 0) is 250 Å². The van der Waals surface area contributed by atoms with E-state index in [1.165, 1.54) is 105 Å². The van der Waals surface area contributed by atoms with Crippen LogP contribution in [0.25, 0.3) is 0 Å². The van der Waals surface area contributed by atoms with Crippen LogP contribution in [0.3, 0.4) is 0 Å². The molecule has 0 radical (unpaired) electrons. The molecule has 9 heteroatoms. The van der Waals surface area contributed by atoms with E-state index in [9.17, 15) is 0 Å². The van der Waals surface area contributed by atoms with E-state index in [0.29, 0.717) is 0 Å². The fourth-order valence-corrected chi connectivity index (χ4v) is 16.5. The van der Waals surface area contributed by atoms with Gasteiger partial charge in [-0.25, -0.2) is 0 Å². The summed E-state index contributed by atoms with van der Waals surface area (Å²) in [5.74, 6) is 5.40. The third-order valence-corrected chi connectivity index (χ3v) is 20.4. The predicted molar refractivity (Wildman–Crippen MR) is 383 cm³/mol. The van der Waals surface area contributed by atoms with Crippen molar-refractivity contribution in [3.63, 3.8) is 0 Å². The van der Waals surface area contributed by atoms with Crippen LogP contribution in [-0.2, 0) is 16.2 Å². The first-order valence-corrected chi connectivity index (χ1v) is 32.5. The molecule has 0 saturated carbocycles. The average Bonchev–Trinajstić information content (AvgIpc) is 0.692. The summed E-state index contributed by atoms with van der Waals surface area (Å²) in [5, 5.41) is 0. The normalized spacial score (nSPS) is 14.5. The van der Waals surface area contributed by atoms with Crippen LogP contribution < -0.4 is 78.1 Å². The Morgan fingerprint density at radius 2 is 0.589 bits per heavy atom. The van der Waals surface area contributed by atoms with Crippen molar-refractivity contribution in [1.82, 2.24) is 0 Å². The molecule has 0 amide bonds. The van der Waals surface area contributed by atoms with Gasteiger partial charge >= 0.3 is 0 Å². The van der Waals surface area contributed by atoms with E-state index in [-0.39, 0.29) is 36.4 Å². The Balaban J connectivity index is 1.03. The smallest absolute Gasteiger partial charge is 0.256 e. The Hall–Kier alpha value is -8.81. The first kappa shape index (κ1) is 56.4. The number of fused-ring (bicyclic) bond motifs is 12. The molecule has 444 valence electrons. The molecule has 6 aliphatic heterocycles. The highest BCUT2D eigenvalue weighted by Gasteiger charge is 2.50. The summed E-state index contributed by atoms with van der Waals surface area (Å²) >= 11 is 0. The Morgan fingerprint density at radius 3 is 0.989 bits per heavy atom. The fourth-order valence-electron chi connectivity index (χ4n) is 16.5. The molecule has 0 unspecified atom stereocenters. The molecule has 0 fully saturated rings. The van der Waals surface area contributed by atoms with E-state index >= 15 is 0 Å². The van der Waals surface area contributed by atoms with Crippen molar-refractivity contribution in [2.24, 2.45) is 0 Å². The summed E-state index contributed by atoms with van der Waals surface area (Å²) in [5.41, 5.74) is 35.7. The van der Waals surface area contributed by atoms with Crippen LogP contribution in [0.5, 0.6) is 34.5 Å². The van der Waals surface area contributed by atoms with Crippen molar-refractivity contribution >= 4 is 120 Å². The molecule has 90 heavy (non-hydrogen) atoms. The highest BCUT2D eigenvalue weighted by Crippen LogP contribution is 2.51. The molecule has 0 aromatic heterocycles. The van der Waals surface area contributed by atoms with E-state index < -0.39 is 0 Å². The molecule has 16 rings (SSSR count). The second-order valence-corrected chi connectivity index (χ2v) is 30.4. The van der Waals surface area contributed by atoms with Crippen molar-refractivity contribution in [2.45, 2.75) is 141 Å². The molecule has 10 aromatic carbocycles. The van der Waals surface area contributed by atoms with Crippen LogP contribution >= 0.6 is 0 Å². The van der Waals surface area contributed by atoms with E-state index in [1.54, 1.807) is 0 Å². The van der Waals surface area contributed by atoms with Gasteiger partial charge in [-0.2, -0.15) is 0 Å². The fraction of sp³-hybridized carbons (Fsp3) is 0.259. The molecular weight excluding hydrogens is 1100 g/mol. The van der Waals surface area contributed by atoms with E-state index in [4.69, 9.17) is 14.2 Å². The van der Waals surface area contributed by atoms with Crippen LogP contribution in [0.4, 0.5) is 51.2 Å². The standard InChI is InChI=1S/C81H78B3N3O3/c1-43-27-48(6)77(49(7)28-43)86-63-41-62-56(82-59-37-53(80(13,14)15)21-25-68(59)88-71-34-45(3)31-65(74(71)82)85(62)55-23-19-52(20-24-55)79(10,11)12)39-57(63)84-61-40-58-64(42-70(61)90-73-36-47(5)32-66(86)76(73)84)87(78-50(8)29-44(2)30-51(78)9)67-33-46(4)35-72-75(67)83(58)60-38-54(81(16,17)18)22-26-69(60)89-72/h19-42H,1-18H3. The number of benzene rings is 10. The van der Waals surface area contributed by atoms with Crippen LogP contribution in [-0.4, -0.2) is 20.1 Å². The van der Waals surface area contributed by atoms with Gasteiger partial charge in [0.1, 0.15) is 34.5 Å². The molecular formula is C81H78B3N3O3. The molecule has 0 spiro atoms. The van der Waals surface area contributed by atoms with E-state index in [0.717, 1.165) is 96.5 Å². The number of ether oxygens (including phenoxy) is 3. The summed E-state index contributed by atoms with van der Waals surface area (Å²) in [7, 11) is 0. The van der Waals surface area contributed by atoms with E-state index in [2.05, 4.69) is 285 Å². The highest BCUT2D eigenvalue weighted by molar-refractivity contribution is 7.03. The summed E-state index contributed by atoms with van der Waals surface area (Å²) < 4.78 is 22.1. The lowest BCUT2D eigenvalue weighted by atomic mass is 9.29. The van der Waals surface area contributed by atoms with Crippen LogP contribution in [0.2, 0.25) is 0 Å². The number of aryl methyl sites for hydroxylation is 9. The van der Waals surface area contributed by atoms with E-state index in [1.807, 2.05) is 0 Å². The molecule has 0 aliphatic carbocycles. The van der Waals surface area contributed by atoms with Gasteiger partial charge in [0.05, 0.1) is 11.4 Å².